The van der Waals surface area contributed by atoms with Crippen molar-refractivity contribution in [1.29, 1.82) is 0 Å². The average Bonchev–Trinajstić information content (AvgIpc) is 2.71. The first kappa shape index (κ1) is 27.8. The van der Waals surface area contributed by atoms with Crippen LogP contribution in [0.4, 0.5) is 0 Å². The van der Waals surface area contributed by atoms with E-state index in [4.69, 9.17) is 15.2 Å². The first-order chi connectivity index (χ1) is 13.8. The van der Waals surface area contributed by atoms with Gasteiger partial charge in [0.1, 0.15) is 0 Å². The Balaban J connectivity index is 3.80. The van der Waals surface area contributed by atoms with Crippen molar-refractivity contribution in [2.45, 2.75) is 123 Å². The predicted octanol–water partition coefficient (Wildman–Crippen LogP) is 6.18. The molecule has 0 heterocycles. The monoisotopic (exact) mass is 400 g/mol. The summed E-state index contributed by atoms with van der Waals surface area (Å²) >= 11 is 0. The van der Waals surface area contributed by atoms with Crippen molar-refractivity contribution < 1.29 is 9.47 Å². The smallest absolute Gasteiger partial charge is 0.157 e. The van der Waals surface area contributed by atoms with Crippen LogP contribution in [0, 0.1) is 0 Å². The van der Waals surface area contributed by atoms with E-state index in [0.717, 1.165) is 39.3 Å². The van der Waals surface area contributed by atoms with Crippen LogP contribution in [0.1, 0.15) is 117 Å². The molecule has 0 aliphatic carbocycles. The fourth-order valence-electron chi connectivity index (χ4n) is 3.37. The van der Waals surface area contributed by atoms with Crippen molar-refractivity contribution in [3.63, 3.8) is 0 Å². The van der Waals surface area contributed by atoms with Crippen molar-refractivity contribution in [1.82, 2.24) is 5.32 Å². The van der Waals surface area contributed by atoms with E-state index in [9.17, 15) is 0 Å². The van der Waals surface area contributed by atoms with Crippen LogP contribution in [-0.4, -0.2) is 39.1 Å². The van der Waals surface area contributed by atoms with Gasteiger partial charge >= 0.3 is 0 Å². The van der Waals surface area contributed by atoms with Crippen molar-refractivity contribution in [3.8, 4) is 0 Å². The second-order valence-electron chi connectivity index (χ2n) is 8.09. The molecule has 0 aliphatic heterocycles. The second kappa shape index (κ2) is 24.9. The summed E-state index contributed by atoms with van der Waals surface area (Å²) in [5, 5.41) is 3.36. The maximum Gasteiger partial charge on any atom is 0.157 e. The highest BCUT2D eigenvalue weighted by molar-refractivity contribution is 4.53. The number of nitrogens with one attached hydrogen (secondary N) is 1. The lowest BCUT2D eigenvalue weighted by Crippen LogP contribution is -2.23. The first-order valence-electron chi connectivity index (χ1n) is 12.5. The lowest BCUT2D eigenvalue weighted by molar-refractivity contribution is -0.148. The van der Waals surface area contributed by atoms with Gasteiger partial charge in [-0.05, 0) is 38.6 Å². The molecule has 0 bridgehead atoms. The van der Waals surface area contributed by atoms with Gasteiger partial charge in [0, 0.05) is 26.3 Å². The highest BCUT2D eigenvalue weighted by atomic mass is 16.7. The zero-order chi connectivity index (χ0) is 20.5. The van der Waals surface area contributed by atoms with Crippen LogP contribution in [0.15, 0.2) is 0 Å². The van der Waals surface area contributed by atoms with Gasteiger partial charge in [-0.3, -0.25) is 0 Å². The molecule has 0 unspecified atom stereocenters. The molecule has 0 fully saturated rings. The van der Waals surface area contributed by atoms with Crippen molar-refractivity contribution in [3.05, 3.63) is 0 Å². The third-order valence-corrected chi connectivity index (χ3v) is 5.22. The van der Waals surface area contributed by atoms with E-state index in [1.807, 2.05) is 0 Å². The topological polar surface area (TPSA) is 56.5 Å². The van der Waals surface area contributed by atoms with Crippen LogP contribution in [0.5, 0.6) is 0 Å². The molecule has 170 valence electrons. The summed E-state index contributed by atoms with van der Waals surface area (Å²) in [6.07, 6.45) is 20.4. The van der Waals surface area contributed by atoms with Crippen LogP contribution in [-0.2, 0) is 9.47 Å². The lowest BCUT2D eigenvalue weighted by atomic mass is 10.1. The number of unbranched alkanes of at least 4 members (excludes halogenated alkanes) is 12. The Morgan fingerprint density at radius 3 is 1.64 bits per heavy atom. The Bertz CT molecular complexity index is 235. The standard InChI is InChI=1S/C24H52N2O2/c1-3-5-7-9-11-16-22-27-24(18-14-13-15-20-26-21-19-25)28-23-17-12-10-8-6-4-2/h24,26H,3-23,25H2,1-2H3. The van der Waals surface area contributed by atoms with Crippen molar-refractivity contribution in [2.24, 2.45) is 5.73 Å². The van der Waals surface area contributed by atoms with Crippen LogP contribution in [0.3, 0.4) is 0 Å². The van der Waals surface area contributed by atoms with Gasteiger partial charge < -0.3 is 20.5 Å². The fourth-order valence-corrected chi connectivity index (χ4v) is 3.37. The number of ether oxygens (including phenoxy) is 2. The molecule has 0 aromatic carbocycles. The molecule has 0 rings (SSSR count). The van der Waals surface area contributed by atoms with E-state index in [0.29, 0.717) is 0 Å². The maximum absolute atomic E-state index is 6.08. The van der Waals surface area contributed by atoms with Crippen molar-refractivity contribution >= 4 is 0 Å². The summed E-state index contributed by atoms with van der Waals surface area (Å²) in [6, 6.07) is 0. The van der Waals surface area contributed by atoms with Gasteiger partial charge in [0.25, 0.3) is 0 Å². The van der Waals surface area contributed by atoms with Crippen LogP contribution in [0.2, 0.25) is 0 Å². The molecule has 0 amide bonds. The summed E-state index contributed by atoms with van der Waals surface area (Å²) in [5.41, 5.74) is 5.50. The van der Waals surface area contributed by atoms with E-state index in [-0.39, 0.29) is 6.29 Å². The zero-order valence-electron chi connectivity index (χ0n) is 19.3. The SMILES string of the molecule is CCCCCCCCOC(CCCCCNCCN)OCCCCCCCC. The Morgan fingerprint density at radius 1 is 0.607 bits per heavy atom. The van der Waals surface area contributed by atoms with Gasteiger partial charge in [0.2, 0.25) is 0 Å². The molecule has 0 spiro atoms. The molecule has 3 N–H and O–H groups in total. The Labute approximate surface area is 176 Å². The molecular formula is C24H52N2O2. The minimum absolute atomic E-state index is 0.00304. The summed E-state index contributed by atoms with van der Waals surface area (Å²) in [4.78, 5) is 0. The highest BCUT2D eigenvalue weighted by Crippen LogP contribution is 2.12. The highest BCUT2D eigenvalue weighted by Gasteiger charge is 2.09. The molecule has 0 radical (unpaired) electrons. The molecule has 0 saturated carbocycles. The molecule has 0 aromatic rings. The second-order valence-corrected chi connectivity index (χ2v) is 8.09. The largest absolute Gasteiger partial charge is 0.353 e. The molecule has 0 saturated heterocycles. The van der Waals surface area contributed by atoms with E-state index in [2.05, 4.69) is 19.2 Å². The van der Waals surface area contributed by atoms with E-state index in [1.165, 1.54) is 96.3 Å². The lowest BCUT2D eigenvalue weighted by Gasteiger charge is -2.19. The minimum atomic E-state index is 0.00304. The number of hydrogen-bond acceptors (Lipinski definition) is 4. The van der Waals surface area contributed by atoms with Crippen molar-refractivity contribution in [2.75, 3.05) is 32.8 Å². The van der Waals surface area contributed by atoms with Gasteiger partial charge in [-0.25, -0.2) is 0 Å². The number of hydrogen-bond donors (Lipinski definition) is 2. The maximum atomic E-state index is 6.08. The Morgan fingerprint density at radius 2 is 1.11 bits per heavy atom. The van der Waals surface area contributed by atoms with E-state index in [1.54, 1.807) is 0 Å². The number of nitrogens with two attached hydrogens (primary N) is 1. The molecule has 0 aliphatic rings. The summed E-state index contributed by atoms with van der Waals surface area (Å²) < 4.78 is 12.2. The normalized spacial score (nSPS) is 11.6. The van der Waals surface area contributed by atoms with Gasteiger partial charge in [0.15, 0.2) is 6.29 Å². The summed E-state index contributed by atoms with van der Waals surface area (Å²) in [5.74, 6) is 0. The Kier molecular flexibility index (Phi) is 24.7. The van der Waals surface area contributed by atoms with Crippen LogP contribution >= 0.6 is 0 Å². The number of rotatable bonds is 24. The molecule has 28 heavy (non-hydrogen) atoms. The zero-order valence-corrected chi connectivity index (χ0v) is 19.3. The third-order valence-electron chi connectivity index (χ3n) is 5.22. The summed E-state index contributed by atoms with van der Waals surface area (Å²) in [7, 11) is 0. The van der Waals surface area contributed by atoms with E-state index >= 15 is 0 Å². The predicted molar refractivity (Wildman–Crippen MR) is 123 cm³/mol. The fraction of sp³-hybridized carbons (Fsp3) is 1.00. The van der Waals surface area contributed by atoms with Gasteiger partial charge in [-0.1, -0.05) is 84.5 Å². The molecule has 4 heteroatoms. The van der Waals surface area contributed by atoms with Gasteiger partial charge in [0.05, 0.1) is 0 Å². The average molecular weight is 401 g/mol. The van der Waals surface area contributed by atoms with Gasteiger partial charge in [-0.15, -0.1) is 0 Å². The molecule has 0 atom stereocenters. The van der Waals surface area contributed by atoms with E-state index < -0.39 is 0 Å². The molecule has 4 nitrogen and oxygen atoms in total. The van der Waals surface area contributed by atoms with Crippen LogP contribution < -0.4 is 11.1 Å². The Hall–Kier alpha value is -0.160. The summed E-state index contributed by atoms with van der Waals surface area (Å²) in [6.45, 7) is 8.95. The molecule has 0 aromatic heterocycles. The molecular weight excluding hydrogens is 348 g/mol. The minimum Gasteiger partial charge on any atom is -0.353 e. The van der Waals surface area contributed by atoms with Crippen LogP contribution in [0.25, 0.3) is 0 Å². The quantitative estimate of drug-likeness (QED) is 0.150. The van der Waals surface area contributed by atoms with Gasteiger partial charge in [-0.2, -0.15) is 0 Å². The third kappa shape index (κ3) is 22.1. The first-order valence-corrected chi connectivity index (χ1v) is 12.5.